The van der Waals surface area contributed by atoms with Gasteiger partial charge in [-0.25, -0.2) is 0 Å². The summed E-state index contributed by atoms with van der Waals surface area (Å²) in [6.07, 6.45) is -0.00611. The van der Waals surface area contributed by atoms with Crippen molar-refractivity contribution in [1.82, 2.24) is 0 Å². The van der Waals surface area contributed by atoms with Crippen molar-refractivity contribution in [3.63, 3.8) is 0 Å². The van der Waals surface area contributed by atoms with Crippen LogP contribution in [-0.2, 0) is 16.6 Å². The third kappa shape index (κ3) is 1.85. The van der Waals surface area contributed by atoms with E-state index < -0.39 is 11.4 Å². The van der Waals surface area contributed by atoms with Crippen molar-refractivity contribution in [3.8, 4) is 0 Å². The average Bonchev–Trinajstić information content (AvgIpc) is 2.52. The van der Waals surface area contributed by atoms with Crippen molar-refractivity contribution in [2.75, 3.05) is 6.61 Å². The van der Waals surface area contributed by atoms with Gasteiger partial charge < -0.3 is 10.2 Å². The minimum Gasteiger partial charge on any atom is -0.481 e. The van der Waals surface area contributed by atoms with Gasteiger partial charge in [-0.2, -0.15) is 0 Å². The van der Waals surface area contributed by atoms with E-state index in [0.717, 1.165) is 22.5 Å². The molecule has 1 heterocycles. The summed E-state index contributed by atoms with van der Waals surface area (Å²) in [6.45, 7) is 3.78. The minimum atomic E-state index is -0.855. The summed E-state index contributed by atoms with van der Waals surface area (Å²) >= 11 is 0. The number of carboxylic acids is 1. The maximum Gasteiger partial charge on any atom is 0.307 e. The number of nitrogens with zero attached hydrogens (tertiary/aromatic N) is 1. The molecule has 0 amide bonds. The van der Waals surface area contributed by atoms with Crippen LogP contribution in [0, 0.1) is 0 Å². The zero-order valence-corrected chi connectivity index (χ0v) is 9.90. The number of hydrogen-bond donors (Lipinski definition) is 2. The van der Waals surface area contributed by atoms with Gasteiger partial charge in [0, 0.05) is 5.71 Å². The smallest absolute Gasteiger partial charge is 0.307 e. The molecule has 1 aliphatic rings. The van der Waals surface area contributed by atoms with E-state index in [1.165, 1.54) is 0 Å². The van der Waals surface area contributed by atoms with Crippen LogP contribution in [0.4, 0.5) is 5.69 Å². The van der Waals surface area contributed by atoms with E-state index in [0.29, 0.717) is 0 Å². The molecule has 1 aromatic carbocycles. The Bertz CT molecular complexity index is 507. The molecule has 0 bridgehead atoms. The fourth-order valence-corrected chi connectivity index (χ4v) is 2.11. The number of carboxylic acid groups (broad SMARTS) is 1. The van der Waals surface area contributed by atoms with Gasteiger partial charge in [0.25, 0.3) is 0 Å². The maximum absolute atomic E-state index is 10.7. The molecule has 4 nitrogen and oxygen atoms in total. The number of hydrogen-bond acceptors (Lipinski definition) is 3. The van der Waals surface area contributed by atoms with Gasteiger partial charge >= 0.3 is 5.97 Å². The van der Waals surface area contributed by atoms with E-state index in [1.807, 2.05) is 26.0 Å². The Hall–Kier alpha value is -1.68. The zero-order valence-electron chi connectivity index (χ0n) is 9.90. The molecule has 0 aliphatic carbocycles. The topological polar surface area (TPSA) is 69.9 Å². The Kier molecular flexibility index (Phi) is 2.75. The molecule has 4 heteroatoms. The van der Waals surface area contributed by atoms with E-state index in [2.05, 4.69) is 4.99 Å². The average molecular weight is 233 g/mol. The van der Waals surface area contributed by atoms with Crippen LogP contribution in [0.2, 0.25) is 0 Å². The Morgan fingerprint density at radius 2 is 2.18 bits per heavy atom. The third-order valence-electron chi connectivity index (χ3n) is 3.41. The van der Waals surface area contributed by atoms with E-state index in [4.69, 9.17) is 5.11 Å². The number of benzene rings is 1. The first-order valence-electron chi connectivity index (χ1n) is 5.49. The molecule has 0 spiro atoms. The predicted molar refractivity (Wildman–Crippen MR) is 65.0 cm³/mol. The lowest BCUT2D eigenvalue weighted by molar-refractivity contribution is -0.136. The molecule has 0 radical (unpaired) electrons. The molecule has 1 unspecified atom stereocenters. The minimum absolute atomic E-state index is 0.00611. The van der Waals surface area contributed by atoms with Crippen molar-refractivity contribution < 1.29 is 15.0 Å². The first kappa shape index (κ1) is 11.8. The Morgan fingerprint density at radius 1 is 1.47 bits per heavy atom. The molecular weight excluding hydrogens is 218 g/mol. The lowest BCUT2D eigenvalue weighted by atomic mass is 9.80. The van der Waals surface area contributed by atoms with Crippen molar-refractivity contribution >= 4 is 17.4 Å². The summed E-state index contributed by atoms with van der Waals surface area (Å²) in [6, 6.07) is 5.42. The molecule has 1 atom stereocenters. The molecule has 1 aromatic rings. The Balaban J connectivity index is 2.46. The number of fused-ring (bicyclic) bond motifs is 1. The third-order valence-corrected chi connectivity index (χ3v) is 3.41. The highest BCUT2D eigenvalue weighted by Crippen LogP contribution is 2.40. The quantitative estimate of drug-likeness (QED) is 0.834. The van der Waals surface area contributed by atoms with Gasteiger partial charge in [-0.3, -0.25) is 9.79 Å². The van der Waals surface area contributed by atoms with Crippen LogP contribution in [0.15, 0.2) is 23.2 Å². The predicted octanol–water partition coefficient (Wildman–Crippen LogP) is 1.67. The van der Waals surface area contributed by atoms with Crippen LogP contribution in [-0.4, -0.2) is 28.5 Å². The van der Waals surface area contributed by atoms with Gasteiger partial charge in [0.1, 0.15) is 0 Å². The summed E-state index contributed by atoms with van der Waals surface area (Å²) in [5, 5.41) is 18.3. The van der Waals surface area contributed by atoms with E-state index in [9.17, 15) is 9.90 Å². The monoisotopic (exact) mass is 233 g/mol. The van der Waals surface area contributed by atoms with E-state index >= 15 is 0 Å². The number of rotatable bonds is 3. The van der Waals surface area contributed by atoms with Crippen LogP contribution >= 0.6 is 0 Å². The van der Waals surface area contributed by atoms with Gasteiger partial charge in [0.2, 0.25) is 0 Å². The summed E-state index contributed by atoms with van der Waals surface area (Å²) in [4.78, 5) is 15.1. The molecular formula is C13H15NO3. The van der Waals surface area contributed by atoms with Gasteiger partial charge in [-0.1, -0.05) is 12.1 Å². The van der Waals surface area contributed by atoms with Crippen LogP contribution in [0.3, 0.4) is 0 Å². The second kappa shape index (κ2) is 3.96. The largest absolute Gasteiger partial charge is 0.481 e. The van der Waals surface area contributed by atoms with Gasteiger partial charge in [-0.05, 0) is 31.0 Å². The first-order chi connectivity index (χ1) is 7.97. The standard InChI is InChI=1S/C13H15NO3/c1-8-13(2,7-15)10-5-9(6-12(16)17)3-4-11(10)14-8/h3-5,15H,6-7H2,1-2H3,(H,16,17). The molecule has 0 aromatic heterocycles. The number of carbonyl (C=O) groups is 1. The Morgan fingerprint density at radius 3 is 2.76 bits per heavy atom. The second-order valence-corrected chi connectivity index (χ2v) is 4.61. The summed E-state index contributed by atoms with van der Waals surface area (Å²) in [5.74, 6) is -0.855. The number of aliphatic hydroxyl groups excluding tert-OH is 1. The molecule has 90 valence electrons. The second-order valence-electron chi connectivity index (χ2n) is 4.61. The molecule has 2 N–H and O–H groups in total. The highest BCUT2D eigenvalue weighted by atomic mass is 16.4. The highest BCUT2D eigenvalue weighted by molar-refractivity contribution is 6.00. The highest BCUT2D eigenvalue weighted by Gasteiger charge is 2.36. The molecule has 2 rings (SSSR count). The molecule has 17 heavy (non-hydrogen) atoms. The zero-order chi connectivity index (χ0) is 12.6. The van der Waals surface area contributed by atoms with Crippen LogP contribution < -0.4 is 0 Å². The Labute approximate surface area is 99.6 Å². The molecule has 0 saturated carbocycles. The molecule has 0 fully saturated rings. The van der Waals surface area contributed by atoms with Gasteiger partial charge in [0.15, 0.2) is 0 Å². The fourth-order valence-electron chi connectivity index (χ4n) is 2.11. The van der Waals surface area contributed by atoms with Gasteiger partial charge in [0.05, 0.1) is 24.1 Å². The van der Waals surface area contributed by atoms with Crippen LogP contribution in [0.5, 0.6) is 0 Å². The number of aliphatic carboxylic acids is 1. The van der Waals surface area contributed by atoms with Crippen molar-refractivity contribution in [1.29, 1.82) is 0 Å². The summed E-state index contributed by atoms with van der Waals surface area (Å²) in [7, 11) is 0. The SMILES string of the molecule is CC1=Nc2ccc(CC(=O)O)cc2C1(C)CO. The lowest BCUT2D eigenvalue weighted by Crippen LogP contribution is -2.31. The first-order valence-corrected chi connectivity index (χ1v) is 5.49. The molecule has 0 saturated heterocycles. The maximum atomic E-state index is 10.7. The number of aliphatic imine (C=N–C) groups is 1. The fraction of sp³-hybridized carbons (Fsp3) is 0.385. The van der Waals surface area contributed by atoms with Crippen LogP contribution in [0.1, 0.15) is 25.0 Å². The van der Waals surface area contributed by atoms with E-state index in [1.54, 1.807) is 6.07 Å². The van der Waals surface area contributed by atoms with Crippen molar-refractivity contribution in [2.45, 2.75) is 25.7 Å². The normalized spacial score (nSPS) is 22.2. The van der Waals surface area contributed by atoms with Crippen molar-refractivity contribution in [3.05, 3.63) is 29.3 Å². The molecule has 1 aliphatic heterocycles. The van der Waals surface area contributed by atoms with E-state index in [-0.39, 0.29) is 13.0 Å². The van der Waals surface area contributed by atoms with Gasteiger partial charge in [-0.15, -0.1) is 0 Å². The lowest BCUT2D eigenvalue weighted by Gasteiger charge is -2.23. The summed E-state index contributed by atoms with van der Waals surface area (Å²) in [5.41, 5.74) is 2.86. The number of aliphatic hydroxyl groups is 1. The van der Waals surface area contributed by atoms with Crippen molar-refractivity contribution in [2.24, 2.45) is 4.99 Å². The van der Waals surface area contributed by atoms with Crippen LogP contribution in [0.25, 0.3) is 0 Å². The summed E-state index contributed by atoms with van der Waals surface area (Å²) < 4.78 is 0.